The van der Waals surface area contributed by atoms with Crippen LogP contribution >= 0.6 is 0 Å². The number of hydrogen-bond acceptors (Lipinski definition) is 8. The molecule has 5 heterocycles. The van der Waals surface area contributed by atoms with Crippen molar-refractivity contribution in [3.05, 3.63) is 71.0 Å². The Bertz CT molecular complexity index is 1420. The first-order chi connectivity index (χ1) is 18.3. The van der Waals surface area contributed by atoms with Crippen molar-refractivity contribution in [2.45, 2.75) is 26.7 Å². The van der Waals surface area contributed by atoms with Gasteiger partial charge < -0.3 is 19.5 Å². The number of likely N-dealkylation sites (tertiary alicyclic amines) is 1. The third kappa shape index (κ3) is 4.08. The molecule has 2 amide bonds. The lowest BCUT2D eigenvalue weighted by Gasteiger charge is -2.42. The van der Waals surface area contributed by atoms with E-state index in [2.05, 4.69) is 15.5 Å². The molecule has 0 saturated carbocycles. The summed E-state index contributed by atoms with van der Waals surface area (Å²) in [4.78, 5) is 37.2. The van der Waals surface area contributed by atoms with Gasteiger partial charge in [-0.2, -0.15) is 10.8 Å². The predicted molar refractivity (Wildman–Crippen MR) is 140 cm³/mol. The molecule has 2 atom stereocenters. The van der Waals surface area contributed by atoms with E-state index in [0.29, 0.717) is 42.7 Å². The van der Waals surface area contributed by atoms with E-state index in [-0.39, 0.29) is 22.3 Å². The van der Waals surface area contributed by atoms with Gasteiger partial charge in [0.25, 0.3) is 11.7 Å². The summed E-state index contributed by atoms with van der Waals surface area (Å²) in [5, 5.41) is 6.53. The first kappa shape index (κ1) is 24.4. The number of amidine groups is 1. The maximum atomic E-state index is 13.2. The van der Waals surface area contributed by atoms with Gasteiger partial charge in [-0.15, -0.1) is 4.59 Å². The molecule has 1 aromatic heterocycles. The molecule has 4 aliphatic rings. The van der Waals surface area contributed by atoms with Crippen LogP contribution in [-0.4, -0.2) is 64.8 Å². The minimum absolute atomic E-state index is 0.0414. The van der Waals surface area contributed by atoms with E-state index in [9.17, 15) is 9.59 Å². The molecule has 0 spiro atoms. The van der Waals surface area contributed by atoms with Crippen LogP contribution in [0.3, 0.4) is 0 Å². The summed E-state index contributed by atoms with van der Waals surface area (Å²) in [5.41, 5.74) is 2.47. The van der Waals surface area contributed by atoms with Gasteiger partial charge >= 0.3 is 0 Å². The summed E-state index contributed by atoms with van der Waals surface area (Å²) in [6.07, 6.45) is 7.02. The second-order valence-electron chi connectivity index (χ2n) is 10.6. The maximum Gasteiger partial charge on any atom is 0.264 e. The minimum atomic E-state index is -0.437. The molecule has 11 nitrogen and oxygen atoms in total. The monoisotopic (exact) mass is 516 g/mol. The third-order valence-corrected chi connectivity index (χ3v) is 7.55. The molecule has 2 fully saturated rings. The number of aliphatic imine (C=N–C) groups is 2. The van der Waals surface area contributed by atoms with Crippen molar-refractivity contribution in [1.29, 1.82) is 0 Å². The molecular weight excluding hydrogens is 486 g/mol. The lowest BCUT2D eigenvalue weighted by atomic mass is 9.85. The lowest BCUT2D eigenvalue weighted by molar-refractivity contribution is -0.750. The van der Waals surface area contributed by atoms with Crippen LogP contribution in [0.25, 0.3) is 0 Å². The highest BCUT2D eigenvalue weighted by Gasteiger charge is 2.48. The average molecular weight is 517 g/mol. The summed E-state index contributed by atoms with van der Waals surface area (Å²) in [6, 6.07) is 8.79. The Balaban J connectivity index is 1.25. The summed E-state index contributed by atoms with van der Waals surface area (Å²) in [5.74, 6) is 8.41. The van der Waals surface area contributed by atoms with E-state index in [1.807, 2.05) is 24.0 Å². The van der Waals surface area contributed by atoms with Crippen LogP contribution in [-0.2, 0) is 9.53 Å². The largest absolute Gasteiger partial charge is 0.379 e. The molecule has 196 valence electrons. The smallest absolute Gasteiger partial charge is 0.264 e. The number of aromatic nitrogens is 1. The number of benzene rings is 1. The maximum absolute atomic E-state index is 13.2. The summed E-state index contributed by atoms with van der Waals surface area (Å²) in [6.45, 7) is 5.98. The van der Waals surface area contributed by atoms with Crippen molar-refractivity contribution >= 4 is 29.7 Å². The molecule has 3 N–H and O–H groups in total. The number of hydrogen-bond donors (Lipinski definition) is 2. The average Bonchev–Trinajstić information content (AvgIpc) is 3.46. The lowest BCUT2D eigenvalue weighted by Crippen LogP contribution is -2.55. The van der Waals surface area contributed by atoms with Gasteiger partial charge in [-0.25, -0.2) is 0 Å². The Labute approximate surface area is 219 Å². The van der Waals surface area contributed by atoms with Crippen molar-refractivity contribution in [2.24, 2.45) is 27.2 Å². The van der Waals surface area contributed by atoms with Crippen LogP contribution in [0.5, 0.6) is 0 Å². The highest BCUT2D eigenvalue weighted by atomic mass is 16.5. The van der Waals surface area contributed by atoms with Crippen LogP contribution in [0.2, 0.25) is 0 Å². The van der Waals surface area contributed by atoms with Gasteiger partial charge in [0.2, 0.25) is 11.6 Å². The van der Waals surface area contributed by atoms with Crippen LogP contribution < -0.4 is 11.2 Å². The van der Waals surface area contributed by atoms with Crippen LogP contribution in [0, 0.1) is 18.3 Å². The summed E-state index contributed by atoms with van der Waals surface area (Å²) < 4.78 is 10.2. The number of rotatable bonds is 5. The standard InChI is InChI=1S/C27H29N7O4/c1-17-12-22(32-38-17)30-25(35)19-7-5-18(6-8-19)24-31-23(21-13-29-9-11-34(21,24)28)20-4-3-10-33(14-20)26(36)27(2)15-37-16-27/h5-9,11-13,20H,3-4,10,14-16,28H2,1-2H3/p+1/t20-,34?/m1/s1. The second kappa shape index (κ2) is 9.12. The number of anilines is 1. The summed E-state index contributed by atoms with van der Waals surface area (Å²) >= 11 is 0. The van der Waals surface area contributed by atoms with Crippen LogP contribution in [0.1, 0.15) is 41.4 Å². The second-order valence-corrected chi connectivity index (χ2v) is 10.6. The molecule has 6 rings (SSSR count). The van der Waals surface area contributed by atoms with Gasteiger partial charge in [-0.3, -0.25) is 14.6 Å². The molecule has 1 aromatic carbocycles. The van der Waals surface area contributed by atoms with Crippen molar-refractivity contribution in [2.75, 3.05) is 31.6 Å². The van der Waals surface area contributed by atoms with E-state index in [4.69, 9.17) is 20.1 Å². The number of amides is 2. The first-order valence-corrected chi connectivity index (χ1v) is 12.7. The molecule has 2 aromatic rings. The number of nitrogens with two attached hydrogens (primary N) is 1. The third-order valence-electron chi connectivity index (χ3n) is 7.55. The van der Waals surface area contributed by atoms with E-state index in [0.717, 1.165) is 36.3 Å². The first-order valence-electron chi connectivity index (χ1n) is 12.7. The Morgan fingerprint density at radius 2 is 2.03 bits per heavy atom. The highest BCUT2D eigenvalue weighted by Crippen LogP contribution is 2.39. The van der Waals surface area contributed by atoms with E-state index >= 15 is 0 Å². The van der Waals surface area contributed by atoms with E-state index in [1.54, 1.807) is 43.7 Å². The molecule has 0 aliphatic carbocycles. The van der Waals surface area contributed by atoms with Gasteiger partial charge in [0.05, 0.1) is 36.6 Å². The molecule has 2 saturated heterocycles. The zero-order chi connectivity index (χ0) is 26.5. The number of allylic oxidation sites excluding steroid dienone is 1. The van der Waals surface area contributed by atoms with Crippen LogP contribution in [0.4, 0.5) is 5.82 Å². The van der Waals surface area contributed by atoms with E-state index < -0.39 is 5.41 Å². The van der Waals surface area contributed by atoms with Crippen LogP contribution in [0.15, 0.2) is 68.6 Å². The quantitative estimate of drug-likeness (QED) is 0.463. The molecule has 38 heavy (non-hydrogen) atoms. The number of carbonyl (C=O) groups excluding carboxylic acids is 2. The minimum Gasteiger partial charge on any atom is -0.379 e. The number of ether oxygens (including phenoxy) is 1. The Morgan fingerprint density at radius 3 is 2.71 bits per heavy atom. The SMILES string of the molecule is Cc1cc(NC(=O)c2ccc(C3=NC([C@@H]4CCCN(C(=O)C5(C)COC5)C4)=C4C=NC=C[N+]34N)cc2)no1. The summed E-state index contributed by atoms with van der Waals surface area (Å²) in [7, 11) is 0. The van der Waals surface area contributed by atoms with Crippen molar-refractivity contribution in [3.8, 4) is 0 Å². The fourth-order valence-electron chi connectivity index (χ4n) is 5.39. The number of piperidine rings is 1. The topological polar surface area (TPSA) is 135 Å². The zero-order valence-corrected chi connectivity index (χ0v) is 21.4. The van der Waals surface area contributed by atoms with Crippen molar-refractivity contribution in [3.63, 3.8) is 0 Å². The van der Waals surface area contributed by atoms with E-state index in [1.165, 1.54) is 0 Å². The van der Waals surface area contributed by atoms with Gasteiger partial charge in [-0.1, -0.05) is 5.16 Å². The molecule has 0 bridgehead atoms. The Morgan fingerprint density at radius 1 is 1.24 bits per heavy atom. The normalized spacial score (nSPS) is 25.6. The van der Waals surface area contributed by atoms with Gasteiger partial charge in [0, 0.05) is 30.6 Å². The number of quaternary nitrogens is 1. The number of fused-ring (bicyclic) bond motifs is 1. The predicted octanol–water partition coefficient (Wildman–Crippen LogP) is 2.73. The molecule has 11 heteroatoms. The molecule has 4 aliphatic heterocycles. The Hall–Kier alpha value is -3.93. The fourth-order valence-corrected chi connectivity index (χ4v) is 5.39. The van der Waals surface area contributed by atoms with Gasteiger partial charge in [0.1, 0.15) is 17.7 Å². The highest BCUT2D eigenvalue weighted by molar-refractivity contribution is 6.05. The molecular formula is C27H30N7O4+. The van der Waals surface area contributed by atoms with Crippen molar-refractivity contribution < 1.29 is 23.4 Å². The molecule has 0 radical (unpaired) electrons. The molecule has 1 unspecified atom stereocenters. The fraction of sp³-hybridized carbons (Fsp3) is 0.370. The number of aryl methyl sites for hydroxylation is 1. The van der Waals surface area contributed by atoms with Crippen molar-refractivity contribution in [1.82, 2.24) is 10.1 Å². The van der Waals surface area contributed by atoms with Gasteiger partial charge in [0.15, 0.2) is 5.82 Å². The zero-order valence-electron chi connectivity index (χ0n) is 21.4. The number of carbonyl (C=O) groups is 2. The van der Waals surface area contributed by atoms with Gasteiger partial charge in [-0.05, 0) is 51.0 Å². The number of nitrogens with zero attached hydrogens (tertiary/aromatic N) is 5. The Kier molecular flexibility index (Phi) is 5.86. The number of nitrogens with one attached hydrogen (secondary N) is 1.